The highest BCUT2D eigenvalue weighted by molar-refractivity contribution is 8.00. The lowest BCUT2D eigenvalue weighted by atomic mass is 10.2. The second-order valence-corrected chi connectivity index (χ2v) is 7.03. The van der Waals surface area contributed by atoms with Crippen molar-refractivity contribution in [3.05, 3.63) is 53.6 Å². The minimum Gasteiger partial charge on any atom is -0.325 e. The number of thioether (sulfide) groups is 1. The van der Waals surface area contributed by atoms with Gasteiger partial charge in [0.05, 0.1) is 11.0 Å². The molecular formula is C17H12ClN3O2S. The fourth-order valence-electron chi connectivity index (χ4n) is 2.64. The van der Waals surface area contributed by atoms with Gasteiger partial charge in [-0.3, -0.25) is 14.2 Å². The van der Waals surface area contributed by atoms with Gasteiger partial charge >= 0.3 is 0 Å². The Balaban J connectivity index is 1.59. The first-order valence-corrected chi connectivity index (χ1v) is 8.61. The van der Waals surface area contributed by atoms with Crippen molar-refractivity contribution >= 4 is 51.9 Å². The highest BCUT2D eigenvalue weighted by Gasteiger charge is 2.33. The summed E-state index contributed by atoms with van der Waals surface area (Å²) in [7, 11) is 0. The maximum atomic E-state index is 12.5. The molecule has 4 rings (SSSR count). The first kappa shape index (κ1) is 15.2. The molecule has 0 fully saturated rings. The Kier molecular flexibility index (Phi) is 3.78. The third-order valence-corrected chi connectivity index (χ3v) is 5.19. The zero-order valence-electron chi connectivity index (χ0n) is 12.4. The number of hydrogen-bond acceptors (Lipinski definition) is 4. The number of benzene rings is 2. The number of rotatable bonds is 2. The van der Waals surface area contributed by atoms with Gasteiger partial charge in [0, 0.05) is 17.1 Å². The Morgan fingerprint density at radius 2 is 1.96 bits per heavy atom. The zero-order valence-corrected chi connectivity index (χ0v) is 14.0. The van der Waals surface area contributed by atoms with Gasteiger partial charge in [-0.1, -0.05) is 35.5 Å². The molecule has 0 saturated heterocycles. The van der Waals surface area contributed by atoms with Crippen molar-refractivity contribution in [2.45, 2.75) is 16.8 Å². The minimum atomic E-state index is -0.502. The molecule has 7 heteroatoms. The Labute approximate surface area is 147 Å². The highest BCUT2D eigenvalue weighted by Crippen LogP contribution is 2.34. The SMILES string of the molecule is O=C(Nc1ccc(Cl)cc1)C1CC(=O)n2c(nc3ccccc32)S1. The number of carbonyl (C=O) groups excluding carboxylic acids is 2. The van der Waals surface area contributed by atoms with Crippen LogP contribution >= 0.6 is 23.4 Å². The third-order valence-electron chi connectivity index (χ3n) is 3.79. The summed E-state index contributed by atoms with van der Waals surface area (Å²) in [5, 5.41) is 3.47. The maximum Gasteiger partial charge on any atom is 0.238 e. The Morgan fingerprint density at radius 3 is 2.75 bits per heavy atom. The van der Waals surface area contributed by atoms with E-state index in [1.807, 2.05) is 24.3 Å². The Bertz CT molecular complexity index is 952. The first-order chi connectivity index (χ1) is 11.6. The molecule has 0 radical (unpaired) electrons. The summed E-state index contributed by atoms with van der Waals surface area (Å²) < 4.78 is 1.59. The van der Waals surface area contributed by atoms with Crippen LogP contribution in [-0.2, 0) is 4.79 Å². The van der Waals surface area contributed by atoms with E-state index in [1.54, 1.807) is 28.8 Å². The van der Waals surface area contributed by atoms with Crippen molar-refractivity contribution in [1.82, 2.24) is 9.55 Å². The molecule has 1 aliphatic heterocycles. The molecule has 0 bridgehead atoms. The number of aromatic nitrogens is 2. The van der Waals surface area contributed by atoms with Gasteiger partial charge in [0.1, 0.15) is 5.25 Å². The zero-order chi connectivity index (χ0) is 16.7. The second kappa shape index (κ2) is 5.96. The lowest BCUT2D eigenvalue weighted by molar-refractivity contribution is -0.115. The second-order valence-electron chi connectivity index (χ2n) is 5.42. The van der Waals surface area contributed by atoms with Crippen LogP contribution < -0.4 is 5.32 Å². The van der Waals surface area contributed by atoms with E-state index in [4.69, 9.17) is 11.6 Å². The van der Waals surface area contributed by atoms with Gasteiger partial charge in [0.15, 0.2) is 5.16 Å². The molecule has 24 heavy (non-hydrogen) atoms. The summed E-state index contributed by atoms with van der Waals surface area (Å²) in [5.74, 6) is -0.331. The number of carbonyl (C=O) groups is 2. The summed E-state index contributed by atoms with van der Waals surface area (Å²) in [6.07, 6.45) is 0.136. The van der Waals surface area contributed by atoms with Crippen molar-refractivity contribution in [3.63, 3.8) is 0 Å². The lowest BCUT2D eigenvalue weighted by Crippen LogP contribution is -2.33. The maximum absolute atomic E-state index is 12.5. The average Bonchev–Trinajstić information content (AvgIpc) is 2.95. The highest BCUT2D eigenvalue weighted by atomic mass is 35.5. The normalized spacial score (nSPS) is 16.9. The fraction of sp³-hybridized carbons (Fsp3) is 0.118. The first-order valence-electron chi connectivity index (χ1n) is 7.35. The van der Waals surface area contributed by atoms with E-state index in [9.17, 15) is 9.59 Å². The predicted molar refractivity (Wildman–Crippen MR) is 94.7 cm³/mol. The van der Waals surface area contributed by atoms with E-state index < -0.39 is 5.25 Å². The van der Waals surface area contributed by atoms with Crippen LogP contribution in [0.5, 0.6) is 0 Å². The number of halogens is 1. The summed E-state index contributed by atoms with van der Waals surface area (Å²) >= 11 is 7.15. The van der Waals surface area contributed by atoms with E-state index in [1.165, 1.54) is 11.8 Å². The van der Waals surface area contributed by atoms with Crippen molar-refractivity contribution in [2.24, 2.45) is 0 Å². The number of para-hydroxylation sites is 2. The van der Waals surface area contributed by atoms with Crippen molar-refractivity contribution < 1.29 is 9.59 Å². The molecule has 5 nitrogen and oxygen atoms in total. The average molecular weight is 358 g/mol. The Hall–Kier alpha value is -2.31. The molecule has 2 heterocycles. The molecule has 1 amide bonds. The fourth-order valence-corrected chi connectivity index (χ4v) is 3.87. The van der Waals surface area contributed by atoms with Crippen LogP contribution in [0.25, 0.3) is 11.0 Å². The number of imidazole rings is 1. The van der Waals surface area contributed by atoms with Gasteiger partial charge < -0.3 is 5.32 Å². The molecule has 1 atom stereocenters. The van der Waals surface area contributed by atoms with Crippen molar-refractivity contribution in [1.29, 1.82) is 0 Å². The molecule has 1 N–H and O–H groups in total. The van der Waals surface area contributed by atoms with Gasteiger partial charge in [0.2, 0.25) is 11.8 Å². The minimum absolute atomic E-state index is 0.117. The number of nitrogens with zero attached hydrogens (tertiary/aromatic N) is 2. The molecule has 2 aromatic carbocycles. The molecule has 0 spiro atoms. The summed E-state index contributed by atoms with van der Waals surface area (Å²) in [4.78, 5) is 29.4. The van der Waals surface area contributed by atoms with Crippen molar-refractivity contribution in [2.75, 3.05) is 5.32 Å². The quantitative estimate of drug-likeness (QED) is 0.757. The monoisotopic (exact) mass is 357 g/mol. The number of fused-ring (bicyclic) bond motifs is 3. The molecule has 1 aliphatic rings. The predicted octanol–water partition coefficient (Wildman–Crippen LogP) is 3.83. The summed E-state index contributed by atoms with van der Waals surface area (Å²) in [5.41, 5.74) is 2.19. The van der Waals surface area contributed by atoms with E-state index >= 15 is 0 Å². The van der Waals surface area contributed by atoms with E-state index in [0.29, 0.717) is 15.9 Å². The molecule has 0 saturated carbocycles. The summed E-state index contributed by atoms with van der Waals surface area (Å²) in [6.45, 7) is 0. The van der Waals surface area contributed by atoms with E-state index in [2.05, 4.69) is 10.3 Å². The largest absolute Gasteiger partial charge is 0.325 e. The molecule has 0 aliphatic carbocycles. The number of hydrogen-bond donors (Lipinski definition) is 1. The van der Waals surface area contributed by atoms with Crippen LogP contribution in [0.1, 0.15) is 11.2 Å². The molecule has 120 valence electrons. The van der Waals surface area contributed by atoms with Crippen LogP contribution in [-0.4, -0.2) is 26.6 Å². The Morgan fingerprint density at radius 1 is 1.21 bits per heavy atom. The van der Waals surface area contributed by atoms with Crippen LogP contribution in [0, 0.1) is 0 Å². The van der Waals surface area contributed by atoms with Crippen LogP contribution in [0.4, 0.5) is 5.69 Å². The topological polar surface area (TPSA) is 64.0 Å². The van der Waals surface area contributed by atoms with Crippen molar-refractivity contribution in [3.8, 4) is 0 Å². The van der Waals surface area contributed by atoms with E-state index in [-0.39, 0.29) is 18.2 Å². The van der Waals surface area contributed by atoms with Gasteiger partial charge in [0.25, 0.3) is 0 Å². The molecule has 3 aromatic rings. The number of amides is 1. The molecule has 1 unspecified atom stereocenters. The lowest BCUT2D eigenvalue weighted by Gasteiger charge is -2.21. The summed E-state index contributed by atoms with van der Waals surface area (Å²) in [6, 6.07) is 14.3. The van der Waals surface area contributed by atoms with Gasteiger partial charge in [-0.05, 0) is 36.4 Å². The molecular weight excluding hydrogens is 346 g/mol. The van der Waals surface area contributed by atoms with Crippen LogP contribution in [0.2, 0.25) is 5.02 Å². The van der Waals surface area contributed by atoms with Gasteiger partial charge in [-0.15, -0.1) is 0 Å². The van der Waals surface area contributed by atoms with Crippen LogP contribution in [0.15, 0.2) is 53.7 Å². The standard InChI is InChI=1S/C17H12ClN3O2S/c18-10-5-7-11(8-6-10)19-16(23)14-9-15(22)21-13-4-2-1-3-12(13)20-17(21)24-14/h1-8,14H,9H2,(H,19,23). The van der Waals surface area contributed by atoms with E-state index in [0.717, 1.165) is 11.0 Å². The number of nitrogens with one attached hydrogen (secondary N) is 1. The van der Waals surface area contributed by atoms with Gasteiger partial charge in [-0.25, -0.2) is 4.98 Å². The number of anilines is 1. The molecule has 1 aromatic heterocycles. The smallest absolute Gasteiger partial charge is 0.238 e. The van der Waals surface area contributed by atoms with Crippen LogP contribution in [0.3, 0.4) is 0 Å². The van der Waals surface area contributed by atoms with Gasteiger partial charge in [-0.2, -0.15) is 0 Å². The third kappa shape index (κ3) is 2.68.